The number of carbonyl (C=O) groups is 3. The van der Waals surface area contributed by atoms with Crippen molar-refractivity contribution >= 4 is 17.9 Å². The van der Waals surface area contributed by atoms with Crippen LogP contribution in [-0.2, 0) is 28.6 Å². The normalized spacial score (nSPS) is 12.6. The molecule has 0 N–H and O–H groups in total. The molecule has 0 aliphatic carbocycles. The summed E-state index contributed by atoms with van der Waals surface area (Å²) in [6.07, 6.45) is 80.4. The summed E-state index contributed by atoms with van der Waals surface area (Å²) >= 11 is 0. The Bertz CT molecular complexity index is 1400. The van der Waals surface area contributed by atoms with E-state index in [-0.39, 0.29) is 31.1 Å². The maximum Gasteiger partial charge on any atom is 0.306 e. The molecule has 0 aromatic carbocycles. The van der Waals surface area contributed by atoms with Crippen LogP contribution in [0.4, 0.5) is 0 Å². The van der Waals surface area contributed by atoms with Crippen molar-refractivity contribution in [2.45, 2.75) is 309 Å². The molecule has 6 heteroatoms. The highest BCUT2D eigenvalue weighted by Gasteiger charge is 2.19. The smallest absolute Gasteiger partial charge is 0.306 e. The van der Waals surface area contributed by atoms with Gasteiger partial charge in [-0.15, -0.1) is 0 Å². The Morgan fingerprint density at radius 3 is 0.836 bits per heavy atom. The standard InChI is InChI=1S/C67H116O6/c1-4-7-10-13-16-18-20-22-24-26-28-30-32-33-35-36-38-40-42-44-46-48-51-54-57-60-66(69)72-63-64(62-71-65(68)59-56-53-50-15-12-9-6-3)73-67(70)61-58-55-52-49-47-45-43-41-39-37-34-31-29-27-25-23-21-19-17-14-11-8-5-2/h8,11,17,19-20,22-23,25-26,28-29,31,37,39,64H,4-7,9-10,12-16,18,21,24,27,30,32-36,38,40-63H2,1-3H3/b11-8-,19-17-,22-20-,25-23-,28-26-,31-29-,39-37-. The molecule has 1 atom stereocenters. The molecule has 0 saturated heterocycles. The van der Waals surface area contributed by atoms with Crippen molar-refractivity contribution in [1.82, 2.24) is 0 Å². The fourth-order valence-electron chi connectivity index (χ4n) is 8.74. The van der Waals surface area contributed by atoms with Crippen molar-refractivity contribution < 1.29 is 28.6 Å². The average molecular weight is 1020 g/mol. The van der Waals surface area contributed by atoms with E-state index in [1.165, 1.54) is 161 Å². The highest BCUT2D eigenvalue weighted by molar-refractivity contribution is 5.71. The van der Waals surface area contributed by atoms with Crippen LogP contribution < -0.4 is 0 Å². The first-order chi connectivity index (χ1) is 36.0. The molecular formula is C67H116O6. The van der Waals surface area contributed by atoms with Crippen LogP contribution in [-0.4, -0.2) is 37.2 Å². The number of carbonyl (C=O) groups excluding carboxylic acids is 3. The lowest BCUT2D eigenvalue weighted by Crippen LogP contribution is -2.30. The fourth-order valence-corrected chi connectivity index (χ4v) is 8.74. The van der Waals surface area contributed by atoms with E-state index in [4.69, 9.17) is 14.2 Å². The number of esters is 3. The molecule has 0 aliphatic rings. The first-order valence-corrected chi connectivity index (χ1v) is 31.1. The van der Waals surface area contributed by atoms with Gasteiger partial charge in [0.2, 0.25) is 0 Å². The number of unbranched alkanes of at least 4 members (excludes halogenated alkanes) is 31. The maximum atomic E-state index is 12.8. The predicted octanol–water partition coefficient (Wildman–Crippen LogP) is 21.1. The zero-order chi connectivity index (χ0) is 52.9. The van der Waals surface area contributed by atoms with E-state index in [0.717, 1.165) is 103 Å². The average Bonchev–Trinajstić information content (AvgIpc) is 3.39. The van der Waals surface area contributed by atoms with E-state index < -0.39 is 6.10 Å². The minimum atomic E-state index is -0.781. The molecule has 0 bridgehead atoms. The SMILES string of the molecule is CC/C=C\C/C=C\C/C=C\C/C=C\C/C=C\CCCCCCCCCC(=O)OC(COC(=O)CCCCCCCCC)COC(=O)CCCCCCCCCCCCCCC/C=C\C/C=C\CCCCCCC. The molecule has 0 aromatic heterocycles. The van der Waals surface area contributed by atoms with Crippen molar-refractivity contribution in [3.63, 3.8) is 0 Å². The largest absolute Gasteiger partial charge is 0.462 e. The molecule has 0 rings (SSSR count). The second kappa shape index (κ2) is 61.1. The predicted molar refractivity (Wildman–Crippen MR) is 316 cm³/mol. The zero-order valence-corrected chi connectivity index (χ0v) is 48.1. The second-order valence-electron chi connectivity index (χ2n) is 20.6. The van der Waals surface area contributed by atoms with Crippen LogP contribution in [0.2, 0.25) is 0 Å². The van der Waals surface area contributed by atoms with Gasteiger partial charge in [-0.25, -0.2) is 0 Å². The molecule has 420 valence electrons. The fraction of sp³-hybridized carbons (Fsp3) is 0.746. The summed E-state index contributed by atoms with van der Waals surface area (Å²) in [5.74, 6) is -0.889. The Balaban J connectivity index is 4.17. The zero-order valence-electron chi connectivity index (χ0n) is 48.1. The monoisotopic (exact) mass is 1020 g/mol. The molecule has 1 unspecified atom stereocenters. The van der Waals surface area contributed by atoms with Gasteiger partial charge in [0.05, 0.1) is 0 Å². The lowest BCUT2D eigenvalue weighted by molar-refractivity contribution is -0.167. The van der Waals surface area contributed by atoms with E-state index in [9.17, 15) is 14.4 Å². The first kappa shape index (κ1) is 69.6. The molecular weight excluding hydrogens is 901 g/mol. The van der Waals surface area contributed by atoms with Crippen molar-refractivity contribution in [2.24, 2.45) is 0 Å². The molecule has 0 radical (unpaired) electrons. The van der Waals surface area contributed by atoms with Gasteiger partial charge in [-0.05, 0) is 96.3 Å². The molecule has 0 aromatic rings. The van der Waals surface area contributed by atoms with Gasteiger partial charge in [-0.2, -0.15) is 0 Å². The molecule has 0 amide bonds. The minimum Gasteiger partial charge on any atom is -0.462 e. The van der Waals surface area contributed by atoms with E-state index in [2.05, 4.69) is 106 Å². The number of hydrogen-bond acceptors (Lipinski definition) is 6. The third-order valence-electron chi connectivity index (χ3n) is 13.4. The lowest BCUT2D eigenvalue weighted by atomic mass is 10.0. The number of ether oxygens (including phenoxy) is 3. The van der Waals surface area contributed by atoms with Crippen LogP contribution in [0.15, 0.2) is 85.1 Å². The summed E-state index contributed by atoms with van der Waals surface area (Å²) in [5, 5.41) is 0. The first-order valence-electron chi connectivity index (χ1n) is 31.1. The van der Waals surface area contributed by atoms with Gasteiger partial charge < -0.3 is 14.2 Å². The van der Waals surface area contributed by atoms with Crippen LogP contribution >= 0.6 is 0 Å². The maximum absolute atomic E-state index is 12.8. The van der Waals surface area contributed by atoms with Crippen LogP contribution in [0.5, 0.6) is 0 Å². The van der Waals surface area contributed by atoms with Crippen molar-refractivity contribution in [2.75, 3.05) is 13.2 Å². The van der Waals surface area contributed by atoms with Gasteiger partial charge in [0.25, 0.3) is 0 Å². The van der Waals surface area contributed by atoms with Gasteiger partial charge in [-0.3, -0.25) is 14.4 Å². The van der Waals surface area contributed by atoms with E-state index in [1.807, 2.05) is 0 Å². The lowest BCUT2D eigenvalue weighted by Gasteiger charge is -2.18. The molecule has 0 heterocycles. The highest BCUT2D eigenvalue weighted by atomic mass is 16.6. The summed E-state index contributed by atoms with van der Waals surface area (Å²) in [6, 6.07) is 0. The third kappa shape index (κ3) is 59.3. The minimum absolute atomic E-state index is 0.0797. The summed E-state index contributed by atoms with van der Waals surface area (Å²) in [7, 11) is 0. The molecule has 73 heavy (non-hydrogen) atoms. The Kier molecular flexibility index (Phi) is 58.3. The van der Waals surface area contributed by atoms with Crippen LogP contribution in [0, 0.1) is 0 Å². The van der Waals surface area contributed by atoms with Crippen molar-refractivity contribution in [1.29, 1.82) is 0 Å². The number of allylic oxidation sites excluding steroid dienone is 14. The van der Waals surface area contributed by atoms with Gasteiger partial charge in [0.15, 0.2) is 6.10 Å². The molecule has 0 saturated carbocycles. The second-order valence-corrected chi connectivity index (χ2v) is 20.6. The Hall–Kier alpha value is -3.41. The third-order valence-corrected chi connectivity index (χ3v) is 13.4. The molecule has 0 aliphatic heterocycles. The highest BCUT2D eigenvalue weighted by Crippen LogP contribution is 2.16. The number of hydrogen-bond donors (Lipinski definition) is 0. The summed E-state index contributed by atoms with van der Waals surface area (Å²) in [5.41, 5.74) is 0. The van der Waals surface area contributed by atoms with E-state index in [1.54, 1.807) is 0 Å². The van der Waals surface area contributed by atoms with Gasteiger partial charge >= 0.3 is 17.9 Å². The Labute approximate surface area is 452 Å². The van der Waals surface area contributed by atoms with Gasteiger partial charge in [0, 0.05) is 19.3 Å². The molecule has 0 fully saturated rings. The van der Waals surface area contributed by atoms with Crippen LogP contribution in [0.1, 0.15) is 303 Å². The Morgan fingerprint density at radius 1 is 0.288 bits per heavy atom. The molecule has 6 nitrogen and oxygen atoms in total. The molecule has 0 spiro atoms. The van der Waals surface area contributed by atoms with Crippen LogP contribution in [0.3, 0.4) is 0 Å². The van der Waals surface area contributed by atoms with Gasteiger partial charge in [-0.1, -0.05) is 273 Å². The Morgan fingerprint density at radius 2 is 0.534 bits per heavy atom. The summed E-state index contributed by atoms with van der Waals surface area (Å²) in [4.78, 5) is 38.1. The van der Waals surface area contributed by atoms with Gasteiger partial charge in [0.1, 0.15) is 13.2 Å². The topological polar surface area (TPSA) is 78.9 Å². The van der Waals surface area contributed by atoms with Crippen LogP contribution in [0.25, 0.3) is 0 Å². The van der Waals surface area contributed by atoms with E-state index >= 15 is 0 Å². The summed E-state index contributed by atoms with van der Waals surface area (Å²) < 4.78 is 16.8. The number of rotatable bonds is 56. The van der Waals surface area contributed by atoms with Crippen molar-refractivity contribution in [3.05, 3.63) is 85.1 Å². The van der Waals surface area contributed by atoms with Crippen molar-refractivity contribution in [3.8, 4) is 0 Å². The van der Waals surface area contributed by atoms with E-state index in [0.29, 0.717) is 19.3 Å². The quantitative estimate of drug-likeness (QED) is 0.0261. The summed E-state index contributed by atoms with van der Waals surface area (Å²) in [6.45, 7) is 6.49.